The minimum absolute atomic E-state index is 0.124. The summed E-state index contributed by atoms with van der Waals surface area (Å²) >= 11 is 9.25. The van der Waals surface area contributed by atoms with Gasteiger partial charge in [0.25, 0.3) is 0 Å². The molecule has 0 saturated carbocycles. The van der Waals surface area contributed by atoms with Gasteiger partial charge in [-0.1, -0.05) is 117 Å². The largest absolute Gasteiger partial charge is 0.214 e. The van der Waals surface area contributed by atoms with Gasteiger partial charge in [0.2, 0.25) is 0 Å². The summed E-state index contributed by atoms with van der Waals surface area (Å²) in [6.07, 6.45) is 0. The first-order chi connectivity index (χ1) is 24.0. The smallest absolute Gasteiger partial charge is 0.172 e. The Bertz CT molecular complexity index is 2000. The van der Waals surface area contributed by atoms with Gasteiger partial charge in [0.1, 0.15) is 0 Å². The van der Waals surface area contributed by atoms with Crippen molar-refractivity contribution >= 4 is 65.2 Å². The Kier molecular flexibility index (Phi) is 13.8. The Morgan fingerprint density at radius 3 is 1.10 bits per heavy atom. The normalized spacial score (nSPS) is 12.2. The second-order valence-corrected chi connectivity index (χ2v) is 30.0. The quantitative estimate of drug-likeness (QED) is 0.120. The molecule has 52 heavy (non-hydrogen) atoms. The molecule has 0 atom stereocenters. The second-order valence-electron chi connectivity index (χ2n) is 17.7. The van der Waals surface area contributed by atoms with Crippen LogP contribution in [0.5, 0.6) is 0 Å². The van der Waals surface area contributed by atoms with Gasteiger partial charge in [0.05, 0.1) is 0 Å². The van der Waals surface area contributed by atoms with E-state index in [9.17, 15) is 0 Å². The number of rotatable bonds is 2. The molecular formula is C47H54Cl4Hf-2. The van der Waals surface area contributed by atoms with E-state index in [1.165, 1.54) is 43.8 Å². The molecule has 0 radical (unpaired) electrons. The van der Waals surface area contributed by atoms with E-state index in [2.05, 4.69) is 113 Å². The Morgan fingerprint density at radius 2 is 0.827 bits per heavy atom. The van der Waals surface area contributed by atoms with Crippen LogP contribution >= 0.6 is 40.4 Å². The molecule has 0 bridgehead atoms. The SMILES string of the molecule is CC(C)(C)c1cc2[cH-]c3cc(C(C)(C)C)c(C(C)(C)C)cc3c2cc1C(C)(C)C.Clc1cccc([C](c2cccc(Cl)c2)=[Hf]([Cl])[Cl])c1.c1cc[cH-]c1. The van der Waals surface area contributed by atoms with E-state index in [1.54, 1.807) is 0 Å². The van der Waals surface area contributed by atoms with Gasteiger partial charge in [-0.3, -0.25) is 0 Å². The van der Waals surface area contributed by atoms with Crippen molar-refractivity contribution in [2.45, 2.75) is 105 Å². The van der Waals surface area contributed by atoms with Crippen LogP contribution in [-0.2, 0) is 40.2 Å². The predicted octanol–water partition coefficient (Wildman–Crippen LogP) is 15.8. The van der Waals surface area contributed by atoms with Crippen LogP contribution in [0.4, 0.5) is 0 Å². The van der Waals surface area contributed by atoms with E-state index < -0.39 is 18.6 Å². The third kappa shape index (κ3) is 10.8. The zero-order valence-electron chi connectivity index (χ0n) is 32.9. The van der Waals surface area contributed by atoms with Crippen molar-refractivity contribution in [2.24, 2.45) is 0 Å². The van der Waals surface area contributed by atoms with E-state index in [1.807, 2.05) is 78.9 Å². The van der Waals surface area contributed by atoms with Crippen molar-refractivity contribution in [2.75, 3.05) is 0 Å². The molecule has 0 N–H and O–H groups in total. The van der Waals surface area contributed by atoms with E-state index in [4.69, 9.17) is 40.4 Å². The third-order valence-corrected chi connectivity index (χ3v) is 16.2. The maximum absolute atomic E-state index is 6.27. The predicted molar refractivity (Wildman–Crippen MR) is 232 cm³/mol. The molecule has 0 unspecified atom stereocenters. The van der Waals surface area contributed by atoms with Gasteiger partial charge >= 0.3 is 132 Å². The van der Waals surface area contributed by atoms with Crippen LogP contribution in [-0.4, -0.2) is 3.26 Å². The molecule has 0 fully saturated rings. The summed E-state index contributed by atoms with van der Waals surface area (Å²) in [5.74, 6) is 0. The van der Waals surface area contributed by atoms with Crippen LogP contribution in [0.2, 0.25) is 10.0 Å². The summed E-state index contributed by atoms with van der Waals surface area (Å²) in [7, 11) is 12.5. The zero-order valence-corrected chi connectivity index (χ0v) is 39.5. The minimum atomic E-state index is -2.77. The second kappa shape index (κ2) is 16.8. The summed E-state index contributed by atoms with van der Waals surface area (Å²) in [6, 6.07) is 37.5. The Hall–Kier alpha value is -2.00. The maximum Gasteiger partial charge on any atom is -0.172 e. The van der Waals surface area contributed by atoms with E-state index in [0.717, 1.165) is 14.4 Å². The Balaban J connectivity index is 0.000000221. The van der Waals surface area contributed by atoms with Gasteiger partial charge in [-0.15, -0.1) is 39.7 Å². The molecule has 0 heterocycles. The summed E-state index contributed by atoms with van der Waals surface area (Å²) in [5, 5.41) is 6.92. The molecule has 276 valence electrons. The fraction of sp³-hybridized carbons (Fsp3) is 0.340. The molecule has 0 aromatic heterocycles. The van der Waals surface area contributed by atoms with Crippen LogP contribution in [0.25, 0.3) is 21.5 Å². The first-order valence-corrected chi connectivity index (χ1v) is 29.4. The molecule has 0 aliphatic rings. The van der Waals surface area contributed by atoms with Crippen LogP contribution in [0, 0.1) is 0 Å². The summed E-state index contributed by atoms with van der Waals surface area (Å²) in [5.41, 5.74) is 8.37. The average Bonchev–Trinajstić information content (AvgIpc) is 3.70. The molecule has 0 aliphatic heterocycles. The molecule has 0 aliphatic carbocycles. The average molecular weight is 939 g/mol. The van der Waals surface area contributed by atoms with Crippen molar-refractivity contribution < 1.29 is 18.6 Å². The fourth-order valence-electron chi connectivity index (χ4n) is 6.58. The molecular weight excluding hydrogens is 885 g/mol. The zero-order chi connectivity index (χ0) is 38.8. The van der Waals surface area contributed by atoms with E-state index >= 15 is 0 Å². The molecule has 6 aromatic carbocycles. The van der Waals surface area contributed by atoms with Gasteiger partial charge in [0.15, 0.2) is 0 Å². The van der Waals surface area contributed by atoms with Crippen molar-refractivity contribution in [1.29, 1.82) is 0 Å². The van der Waals surface area contributed by atoms with Crippen molar-refractivity contribution in [3.8, 4) is 0 Å². The van der Waals surface area contributed by atoms with E-state index in [0.29, 0.717) is 10.0 Å². The number of hydrogen-bond acceptors (Lipinski definition) is 0. The monoisotopic (exact) mass is 938 g/mol. The molecule has 6 aromatic rings. The summed E-state index contributed by atoms with van der Waals surface area (Å²) in [6.45, 7) is 28.0. The fourth-order valence-corrected chi connectivity index (χ4v) is 13.2. The van der Waals surface area contributed by atoms with Gasteiger partial charge in [-0.05, 0) is 21.7 Å². The van der Waals surface area contributed by atoms with Crippen LogP contribution < -0.4 is 0 Å². The minimum Gasteiger partial charge on any atom is -0.214 e. The third-order valence-electron chi connectivity index (χ3n) is 9.18. The van der Waals surface area contributed by atoms with Crippen molar-refractivity contribution in [1.82, 2.24) is 0 Å². The molecule has 0 spiro atoms. The van der Waals surface area contributed by atoms with Crippen LogP contribution in [0.1, 0.15) is 116 Å². The topological polar surface area (TPSA) is 0 Å². The van der Waals surface area contributed by atoms with Crippen molar-refractivity contribution in [3.63, 3.8) is 0 Å². The van der Waals surface area contributed by atoms with Gasteiger partial charge in [-0.2, -0.15) is 18.2 Å². The number of benzene rings is 4. The summed E-state index contributed by atoms with van der Waals surface area (Å²) in [4.78, 5) is 0. The van der Waals surface area contributed by atoms with Gasteiger partial charge in [0, 0.05) is 0 Å². The molecule has 6 rings (SSSR count). The van der Waals surface area contributed by atoms with Crippen molar-refractivity contribution in [3.05, 3.63) is 153 Å². The maximum atomic E-state index is 6.27. The molecule has 0 saturated heterocycles. The summed E-state index contributed by atoms with van der Waals surface area (Å²) < 4.78 is 1.01. The number of fused-ring (bicyclic) bond motifs is 3. The Morgan fingerprint density at radius 1 is 0.481 bits per heavy atom. The first kappa shape index (κ1) is 42.7. The van der Waals surface area contributed by atoms with Crippen LogP contribution in [0.15, 0.2) is 109 Å². The molecule has 5 heteroatoms. The van der Waals surface area contributed by atoms with Crippen LogP contribution in [0.3, 0.4) is 0 Å². The number of hydrogen-bond donors (Lipinski definition) is 0. The molecule has 0 amide bonds. The van der Waals surface area contributed by atoms with E-state index in [-0.39, 0.29) is 21.7 Å². The van der Waals surface area contributed by atoms with Gasteiger partial charge < -0.3 is 0 Å². The molecule has 0 nitrogen and oxygen atoms in total. The van der Waals surface area contributed by atoms with Gasteiger partial charge in [-0.25, -0.2) is 12.1 Å². The Labute approximate surface area is 338 Å². The first-order valence-electron chi connectivity index (χ1n) is 18.0. The standard InChI is InChI=1S/C29H41.C13H8Cl2.C5H5.2ClH.Hf/c1-26(2,3)22-14-18-13-19-15-23(27(4,5)6)25(29(10,11)12)17-21(19)20(18)16-24(22)28(7,8)9;14-12-5-1-3-10(8-12)7-11-4-2-6-13(15)9-11;1-2-4-5-3-1;;;/h13-17H,1-12H3;1-6,8-9H;1-5H;2*1H;/q-1;;-1;;;+2/p-2. The number of halogens is 4.